The Bertz CT molecular complexity index is 328. The van der Waals surface area contributed by atoms with Crippen molar-refractivity contribution in [3.05, 3.63) is 17.5 Å². The maximum absolute atomic E-state index is 4.54. The third-order valence-electron chi connectivity index (χ3n) is 3.07. The summed E-state index contributed by atoms with van der Waals surface area (Å²) in [6.07, 6.45) is 2.45. The highest BCUT2D eigenvalue weighted by Crippen LogP contribution is 2.21. The molecule has 98 valence electrons. The van der Waals surface area contributed by atoms with Gasteiger partial charge in [-0.05, 0) is 45.2 Å². The normalized spacial score (nSPS) is 13.3. The first kappa shape index (κ1) is 14.2. The lowest BCUT2D eigenvalue weighted by atomic mass is 10.0. The van der Waals surface area contributed by atoms with Crippen LogP contribution in [0.5, 0.6) is 0 Å². The highest BCUT2D eigenvalue weighted by atomic mass is 15.3. The van der Waals surface area contributed by atoms with Gasteiger partial charge in [-0.2, -0.15) is 5.10 Å². The Labute approximate surface area is 106 Å². The molecule has 0 radical (unpaired) electrons. The van der Waals surface area contributed by atoms with E-state index >= 15 is 0 Å². The SMILES string of the molecule is CCNC(CCC(C)C)c1cc(C)nn1CC. The first-order valence-corrected chi connectivity index (χ1v) is 6.86. The molecule has 1 aromatic rings. The highest BCUT2D eigenvalue weighted by molar-refractivity contribution is 5.13. The van der Waals surface area contributed by atoms with E-state index in [1.165, 1.54) is 18.5 Å². The molecule has 0 saturated heterocycles. The first-order valence-electron chi connectivity index (χ1n) is 6.86. The van der Waals surface area contributed by atoms with Crippen LogP contribution in [0.2, 0.25) is 0 Å². The molecule has 17 heavy (non-hydrogen) atoms. The molecule has 1 atom stereocenters. The Morgan fingerprint density at radius 1 is 1.29 bits per heavy atom. The van der Waals surface area contributed by atoms with Crippen LogP contribution < -0.4 is 5.32 Å². The molecule has 1 aromatic heterocycles. The van der Waals surface area contributed by atoms with E-state index in [0.29, 0.717) is 6.04 Å². The van der Waals surface area contributed by atoms with Gasteiger partial charge in [-0.3, -0.25) is 4.68 Å². The van der Waals surface area contributed by atoms with E-state index in [9.17, 15) is 0 Å². The van der Waals surface area contributed by atoms with Crippen LogP contribution in [0.4, 0.5) is 0 Å². The van der Waals surface area contributed by atoms with Gasteiger partial charge in [-0.25, -0.2) is 0 Å². The molecular formula is C14H27N3. The van der Waals surface area contributed by atoms with E-state index in [0.717, 1.165) is 24.7 Å². The first-order chi connectivity index (χ1) is 8.08. The van der Waals surface area contributed by atoms with Crippen molar-refractivity contribution >= 4 is 0 Å². The number of nitrogens with zero attached hydrogens (tertiary/aromatic N) is 2. The van der Waals surface area contributed by atoms with Crippen LogP contribution in [-0.4, -0.2) is 16.3 Å². The third-order valence-corrected chi connectivity index (χ3v) is 3.07. The lowest BCUT2D eigenvalue weighted by molar-refractivity contribution is 0.422. The number of hydrogen-bond acceptors (Lipinski definition) is 2. The van der Waals surface area contributed by atoms with Crippen LogP contribution in [0, 0.1) is 12.8 Å². The number of nitrogens with one attached hydrogen (secondary N) is 1. The van der Waals surface area contributed by atoms with Crippen LogP contribution in [0.3, 0.4) is 0 Å². The smallest absolute Gasteiger partial charge is 0.0597 e. The van der Waals surface area contributed by atoms with E-state index in [1.54, 1.807) is 0 Å². The molecule has 0 aromatic carbocycles. The largest absolute Gasteiger partial charge is 0.309 e. The summed E-state index contributed by atoms with van der Waals surface area (Å²) in [5, 5.41) is 8.12. The minimum atomic E-state index is 0.448. The molecule has 0 aliphatic heterocycles. The molecule has 3 heteroatoms. The van der Waals surface area contributed by atoms with Crippen LogP contribution in [0.1, 0.15) is 58.0 Å². The molecule has 0 aliphatic carbocycles. The number of hydrogen-bond donors (Lipinski definition) is 1. The summed E-state index contributed by atoms with van der Waals surface area (Å²) in [7, 11) is 0. The molecule has 0 bridgehead atoms. The van der Waals surface area contributed by atoms with Gasteiger partial charge < -0.3 is 5.32 Å². The zero-order valence-corrected chi connectivity index (χ0v) is 12.0. The predicted octanol–water partition coefficient (Wildman–Crippen LogP) is 3.30. The Morgan fingerprint density at radius 3 is 2.53 bits per heavy atom. The number of rotatable bonds is 7. The minimum absolute atomic E-state index is 0.448. The average Bonchev–Trinajstić information content (AvgIpc) is 2.65. The molecule has 0 aliphatic rings. The van der Waals surface area contributed by atoms with Gasteiger partial charge in [0.05, 0.1) is 11.4 Å². The van der Waals surface area contributed by atoms with Gasteiger partial charge in [-0.15, -0.1) is 0 Å². The zero-order chi connectivity index (χ0) is 12.8. The Morgan fingerprint density at radius 2 is 2.00 bits per heavy atom. The predicted molar refractivity (Wildman–Crippen MR) is 73.1 cm³/mol. The molecule has 0 amide bonds. The van der Waals surface area contributed by atoms with E-state index < -0.39 is 0 Å². The van der Waals surface area contributed by atoms with Gasteiger partial charge >= 0.3 is 0 Å². The molecule has 1 N–H and O–H groups in total. The maximum Gasteiger partial charge on any atom is 0.0597 e. The summed E-state index contributed by atoms with van der Waals surface area (Å²) >= 11 is 0. The monoisotopic (exact) mass is 237 g/mol. The minimum Gasteiger partial charge on any atom is -0.309 e. The Kier molecular flexibility index (Phi) is 5.69. The summed E-state index contributed by atoms with van der Waals surface area (Å²) in [5.41, 5.74) is 2.46. The topological polar surface area (TPSA) is 29.9 Å². The number of aromatic nitrogens is 2. The van der Waals surface area contributed by atoms with Crippen molar-refractivity contribution < 1.29 is 0 Å². The standard InChI is InChI=1S/C14H27N3/c1-6-15-13(9-8-11(3)4)14-10-12(5)16-17(14)7-2/h10-11,13,15H,6-9H2,1-5H3. The van der Waals surface area contributed by atoms with Crippen molar-refractivity contribution in [3.63, 3.8) is 0 Å². The van der Waals surface area contributed by atoms with Crippen LogP contribution in [0.25, 0.3) is 0 Å². The summed E-state index contributed by atoms with van der Waals surface area (Å²) in [6, 6.07) is 2.67. The zero-order valence-electron chi connectivity index (χ0n) is 12.0. The second-order valence-corrected chi connectivity index (χ2v) is 5.11. The fourth-order valence-electron chi connectivity index (χ4n) is 2.20. The van der Waals surface area contributed by atoms with Gasteiger partial charge in [0, 0.05) is 12.6 Å². The van der Waals surface area contributed by atoms with Crippen molar-refractivity contribution in [1.82, 2.24) is 15.1 Å². The van der Waals surface area contributed by atoms with Crippen molar-refractivity contribution in [2.45, 2.75) is 60.0 Å². The summed E-state index contributed by atoms with van der Waals surface area (Å²) in [4.78, 5) is 0. The maximum atomic E-state index is 4.54. The molecule has 0 spiro atoms. The Balaban J connectivity index is 2.80. The van der Waals surface area contributed by atoms with E-state index in [-0.39, 0.29) is 0 Å². The van der Waals surface area contributed by atoms with E-state index in [2.05, 4.69) is 55.8 Å². The highest BCUT2D eigenvalue weighted by Gasteiger charge is 2.16. The third kappa shape index (κ3) is 4.15. The molecule has 3 nitrogen and oxygen atoms in total. The van der Waals surface area contributed by atoms with Crippen LogP contribution in [0.15, 0.2) is 6.07 Å². The lowest BCUT2D eigenvalue weighted by Crippen LogP contribution is -2.24. The van der Waals surface area contributed by atoms with Crippen molar-refractivity contribution in [2.75, 3.05) is 6.54 Å². The summed E-state index contributed by atoms with van der Waals surface area (Å²) in [5.74, 6) is 0.759. The van der Waals surface area contributed by atoms with Crippen molar-refractivity contribution in [1.29, 1.82) is 0 Å². The fourth-order valence-corrected chi connectivity index (χ4v) is 2.20. The second kappa shape index (κ2) is 6.80. The lowest BCUT2D eigenvalue weighted by Gasteiger charge is -2.20. The molecular weight excluding hydrogens is 210 g/mol. The molecule has 0 saturated carbocycles. The summed E-state index contributed by atoms with van der Waals surface area (Å²) < 4.78 is 2.13. The van der Waals surface area contributed by atoms with Crippen LogP contribution in [-0.2, 0) is 6.54 Å². The summed E-state index contributed by atoms with van der Waals surface area (Å²) in [6.45, 7) is 12.9. The van der Waals surface area contributed by atoms with Gasteiger partial charge in [0.15, 0.2) is 0 Å². The molecule has 1 unspecified atom stereocenters. The molecule has 1 rings (SSSR count). The number of aryl methyl sites for hydroxylation is 2. The van der Waals surface area contributed by atoms with Crippen molar-refractivity contribution in [2.24, 2.45) is 5.92 Å². The van der Waals surface area contributed by atoms with Crippen molar-refractivity contribution in [3.8, 4) is 0 Å². The quantitative estimate of drug-likeness (QED) is 0.788. The van der Waals surface area contributed by atoms with E-state index in [1.807, 2.05) is 0 Å². The average molecular weight is 237 g/mol. The molecule has 1 heterocycles. The Hall–Kier alpha value is -0.830. The molecule has 0 fully saturated rings. The van der Waals surface area contributed by atoms with Gasteiger partial charge in [-0.1, -0.05) is 20.8 Å². The van der Waals surface area contributed by atoms with Gasteiger partial charge in [0.25, 0.3) is 0 Å². The fraction of sp³-hybridized carbons (Fsp3) is 0.786. The second-order valence-electron chi connectivity index (χ2n) is 5.11. The van der Waals surface area contributed by atoms with E-state index in [4.69, 9.17) is 0 Å². The van der Waals surface area contributed by atoms with Crippen LogP contribution >= 0.6 is 0 Å². The van der Waals surface area contributed by atoms with Gasteiger partial charge in [0.2, 0.25) is 0 Å². The van der Waals surface area contributed by atoms with Gasteiger partial charge in [0.1, 0.15) is 0 Å².